The van der Waals surface area contributed by atoms with Crippen molar-refractivity contribution < 1.29 is 0 Å². The fourth-order valence-corrected chi connectivity index (χ4v) is 0.779. The Kier molecular flexibility index (Phi) is 2.04. The van der Waals surface area contributed by atoms with E-state index >= 15 is 0 Å². The van der Waals surface area contributed by atoms with Crippen LogP contribution >= 0.6 is 0 Å². The third kappa shape index (κ3) is 1.15. The van der Waals surface area contributed by atoms with Crippen molar-refractivity contribution in [3.63, 3.8) is 0 Å². The molecule has 1 rings (SSSR count). The maximum absolute atomic E-state index is 10.00. The highest BCUT2D eigenvalue weighted by atomic mass is 16.3. The summed E-state index contributed by atoms with van der Waals surface area (Å²) in [4.78, 5) is 20.0. The second-order valence-electron chi connectivity index (χ2n) is 1.96. The van der Waals surface area contributed by atoms with Gasteiger partial charge in [0.1, 0.15) is 12.1 Å². The van der Waals surface area contributed by atoms with Gasteiger partial charge >= 0.3 is 0 Å². The maximum atomic E-state index is 10.00. The van der Waals surface area contributed by atoms with E-state index < -0.39 is 12.1 Å². The van der Waals surface area contributed by atoms with Crippen LogP contribution in [0.2, 0.25) is 0 Å². The van der Waals surface area contributed by atoms with Gasteiger partial charge in [0.25, 0.3) is 0 Å². The first kappa shape index (κ1) is 6.80. The monoisotopic (exact) mass is 138 g/mol. The van der Waals surface area contributed by atoms with Crippen molar-refractivity contribution in [1.82, 2.24) is 0 Å². The highest BCUT2D eigenvalue weighted by Crippen LogP contribution is 2.10. The van der Waals surface area contributed by atoms with Crippen LogP contribution in [0.5, 0.6) is 0 Å². The minimum Gasteiger partial charge on any atom is -0.150 e. The van der Waals surface area contributed by atoms with Crippen molar-refractivity contribution in [2.45, 2.75) is 12.1 Å². The molecule has 0 heterocycles. The second kappa shape index (κ2) is 3.00. The number of hydrogen-bond acceptors (Lipinski definition) is 4. The van der Waals surface area contributed by atoms with E-state index in [4.69, 9.17) is 0 Å². The smallest absolute Gasteiger partial charge is 0.140 e. The quantitative estimate of drug-likeness (QED) is 0.541. The van der Waals surface area contributed by atoms with Gasteiger partial charge in [-0.05, 0) is 0 Å². The highest BCUT2D eigenvalue weighted by molar-refractivity contribution is 5.20. The lowest BCUT2D eigenvalue weighted by Crippen LogP contribution is -2.18. The summed E-state index contributed by atoms with van der Waals surface area (Å²) in [5.74, 6) is 0. The molecular formula is C6H6N2O2. The Morgan fingerprint density at radius 3 is 1.60 bits per heavy atom. The van der Waals surface area contributed by atoms with Crippen LogP contribution in [0.3, 0.4) is 0 Å². The molecule has 4 heteroatoms. The molecule has 0 spiro atoms. The number of hydrogen-bond donors (Lipinski definition) is 0. The number of allylic oxidation sites excluding steroid dienone is 2. The molecule has 0 N–H and O–H groups in total. The average molecular weight is 138 g/mol. The lowest BCUT2D eigenvalue weighted by atomic mass is 10.1. The topological polar surface area (TPSA) is 58.9 Å². The molecule has 1 aliphatic rings. The van der Waals surface area contributed by atoms with Crippen molar-refractivity contribution in [2.24, 2.45) is 10.4 Å². The van der Waals surface area contributed by atoms with Gasteiger partial charge in [0.05, 0.1) is 0 Å². The highest BCUT2D eigenvalue weighted by Gasteiger charge is 2.18. The van der Waals surface area contributed by atoms with Crippen LogP contribution < -0.4 is 0 Å². The van der Waals surface area contributed by atoms with E-state index in [9.17, 15) is 9.81 Å². The molecule has 0 aromatic heterocycles. The largest absolute Gasteiger partial charge is 0.150 e. The van der Waals surface area contributed by atoms with E-state index in [1.165, 1.54) is 0 Å². The third-order valence-corrected chi connectivity index (χ3v) is 1.32. The third-order valence-electron chi connectivity index (χ3n) is 1.32. The molecule has 0 radical (unpaired) electrons. The van der Waals surface area contributed by atoms with Crippen LogP contribution in [0, 0.1) is 9.81 Å². The molecule has 2 atom stereocenters. The van der Waals surface area contributed by atoms with Gasteiger partial charge < -0.3 is 0 Å². The molecule has 1 aliphatic carbocycles. The van der Waals surface area contributed by atoms with E-state index in [1.54, 1.807) is 24.3 Å². The van der Waals surface area contributed by atoms with E-state index in [2.05, 4.69) is 10.4 Å². The maximum Gasteiger partial charge on any atom is 0.140 e. The number of rotatable bonds is 2. The summed E-state index contributed by atoms with van der Waals surface area (Å²) in [6, 6.07) is -1.22. The molecule has 0 bridgehead atoms. The van der Waals surface area contributed by atoms with Gasteiger partial charge in [0.2, 0.25) is 0 Å². The van der Waals surface area contributed by atoms with Crippen LogP contribution in [0.4, 0.5) is 0 Å². The summed E-state index contributed by atoms with van der Waals surface area (Å²) >= 11 is 0. The van der Waals surface area contributed by atoms with Crippen molar-refractivity contribution in [2.75, 3.05) is 0 Å². The minimum absolute atomic E-state index is 0.609. The summed E-state index contributed by atoms with van der Waals surface area (Å²) in [7, 11) is 0. The Labute approximate surface area is 57.6 Å². The fraction of sp³-hybridized carbons (Fsp3) is 0.333. The van der Waals surface area contributed by atoms with Gasteiger partial charge in [0.15, 0.2) is 0 Å². The molecule has 0 fully saturated rings. The molecular weight excluding hydrogens is 132 g/mol. The first-order valence-electron chi connectivity index (χ1n) is 2.88. The van der Waals surface area contributed by atoms with Crippen LogP contribution in [0.15, 0.2) is 34.7 Å². The molecule has 0 saturated heterocycles. The molecule has 0 aliphatic heterocycles. The van der Waals surface area contributed by atoms with Gasteiger partial charge in [-0.3, -0.25) is 0 Å². The van der Waals surface area contributed by atoms with Gasteiger partial charge in [-0.15, -0.1) is 0 Å². The molecule has 4 nitrogen and oxygen atoms in total. The Morgan fingerprint density at radius 1 is 0.900 bits per heavy atom. The van der Waals surface area contributed by atoms with Crippen LogP contribution in [-0.4, -0.2) is 12.1 Å². The van der Waals surface area contributed by atoms with E-state index in [-0.39, 0.29) is 0 Å². The molecule has 2 unspecified atom stereocenters. The van der Waals surface area contributed by atoms with Crippen LogP contribution in [-0.2, 0) is 0 Å². The van der Waals surface area contributed by atoms with Gasteiger partial charge in [-0.1, -0.05) is 34.7 Å². The van der Waals surface area contributed by atoms with E-state index in [0.29, 0.717) is 0 Å². The van der Waals surface area contributed by atoms with E-state index in [1.807, 2.05) is 0 Å². The second-order valence-corrected chi connectivity index (χ2v) is 1.96. The average Bonchev–Trinajstić information content (AvgIpc) is 2.04. The SMILES string of the molecule is O=NC1C=CC=CC1N=O. The van der Waals surface area contributed by atoms with E-state index in [0.717, 1.165) is 0 Å². The standard InChI is InChI=1S/C6H6N2O2/c9-7-5-3-1-2-4-6(5)8-10/h1-6H. The zero-order valence-corrected chi connectivity index (χ0v) is 5.18. The lowest BCUT2D eigenvalue weighted by Gasteiger charge is -2.08. The summed E-state index contributed by atoms with van der Waals surface area (Å²) in [5.41, 5.74) is 0. The normalized spacial score (nSPS) is 30.0. The van der Waals surface area contributed by atoms with Crippen molar-refractivity contribution in [1.29, 1.82) is 0 Å². The molecule has 0 amide bonds. The van der Waals surface area contributed by atoms with Crippen LogP contribution in [0.25, 0.3) is 0 Å². The van der Waals surface area contributed by atoms with Crippen LogP contribution in [0.1, 0.15) is 0 Å². The molecule has 0 saturated carbocycles. The zero-order chi connectivity index (χ0) is 7.40. The van der Waals surface area contributed by atoms with Crippen molar-refractivity contribution >= 4 is 0 Å². The fourth-order valence-electron chi connectivity index (χ4n) is 0.779. The summed E-state index contributed by atoms with van der Waals surface area (Å²) in [6.07, 6.45) is 6.46. The first-order valence-corrected chi connectivity index (χ1v) is 2.88. The Hall–Kier alpha value is -1.32. The zero-order valence-electron chi connectivity index (χ0n) is 5.18. The van der Waals surface area contributed by atoms with Crippen molar-refractivity contribution in [3.8, 4) is 0 Å². The molecule has 0 aromatic rings. The van der Waals surface area contributed by atoms with Crippen molar-refractivity contribution in [3.05, 3.63) is 34.1 Å². The lowest BCUT2D eigenvalue weighted by molar-refractivity contribution is 0.694. The molecule has 0 aromatic carbocycles. The summed E-state index contributed by atoms with van der Waals surface area (Å²) < 4.78 is 0. The summed E-state index contributed by atoms with van der Waals surface area (Å²) in [6.45, 7) is 0. The molecule has 10 heavy (non-hydrogen) atoms. The predicted octanol–water partition coefficient (Wildman–Crippen LogP) is 1.38. The van der Waals surface area contributed by atoms with Gasteiger partial charge in [-0.25, -0.2) is 0 Å². The number of nitroso groups, excluding NO2 is 2. The number of nitrogens with zero attached hydrogens (tertiary/aromatic N) is 2. The predicted molar refractivity (Wildman–Crippen MR) is 37.4 cm³/mol. The Bertz CT molecular complexity index is 176. The van der Waals surface area contributed by atoms with Gasteiger partial charge in [0, 0.05) is 0 Å². The molecule has 52 valence electrons. The van der Waals surface area contributed by atoms with Gasteiger partial charge in [-0.2, -0.15) is 9.81 Å². The summed E-state index contributed by atoms with van der Waals surface area (Å²) in [5, 5.41) is 5.44. The first-order chi connectivity index (χ1) is 4.88. The minimum atomic E-state index is -0.609. The Morgan fingerprint density at radius 2 is 1.30 bits per heavy atom. The Balaban J connectivity index is 2.72.